The Bertz CT molecular complexity index is 660. The van der Waals surface area contributed by atoms with Crippen LogP contribution in [-0.2, 0) is 19.6 Å². The zero-order valence-electron chi connectivity index (χ0n) is 11.6. The fourth-order valence-electron chi connectivity index (χ4n) is 2.08. The van der Waals surface area contributed by atoms with Gasteiger partial charge in [-0.2, -0.15) is 0 Å². The summed E-state index contributed by atoms with van der Waals surface area (Å²) < 4.78 is 32.6. The first-order valence-electron chi connectivity index (χ1n) is 6.44. The van der Waals surface area contributed by atoms with Crippen LogP contribution in [-0.4, -0.2) is 38.2 Å². The lowest BCUT2D eigenvalue weighted by Gasteiger charge is -2.23. The molecular weight excluding hydrogens is 294 g/mol. The van der Waals surface area contributed by atoms with E-state index in [9.17, 15) is 13.2 Å². The van der Waals surface area contributed by atoms with Crippen molar-refractivity contribution in [1.82, 2.24) is 4.72 Å². The van der Waals surface area contributed by atoms with E-state index in [1.807, 2.05) is 0 Å². The van der Waals surface area contributed by atoms with E-state index >= 15 is 0 Å². The number of carboxylic acids is 1. The Balaban J connectivity index is 2.24. The Hall–Kier alpha value is -1.70. The fourth-order valence-corrected chi connectivity index (χ4v) is 3.56. The third-order valence-corrected chi connectivity index (χ3v) is 4.82. The number of aliphatic carboxylic acids is 1. The smallest absolute Gasteiger partial charge is 0.328 e. The number of hydrogen-bond donors (Lipinski definition) is 2. The summed E-state index contributed by atoms with van der Waals surface area (Å²) in [5, 5.41) is 8.60. The molecule has 1 aliphatic rings. The SMILES string of the molecule is CC1(NS(=O)(=O)c2cccc(/C=C/C(=O)O)c2)CCOC1. The quantitative estimate of drug-likeness (QED) is 0.798. The Morgan fingerprint density at radius 1 is 1.48 bits per heavy atom. The van der Waals surface area contributed by atoms with Crippen molar-refractivity contribution in [2.75, 3.05) is 13.2 Å². The maximum Gasteiger partial charge on any atom is 0.328 e. The highest BCUT2D eigenvalue weighted by atomic mass is 32.2. The molecule has 1 saturated heterocycles. The van der Waals surface area contributed by atoms with Crippen LogP contribution in [0.2, 0.25) is 0 Å². The van der Waals surface area contributed by atoms with Gasteiger partial charge < -0.3 is 9.84 Å². The molecule has 0 amide bonds. The lowest BCUT2D eigenvalue weighted by Crippen LogP contribution is -2.46. The van der Waals surface area contributed by atoms with Gasteiger partial charge in [-0.1, -0.05) is 12.1 Å². The molecule has 1 fully saturated rings. The Morgan fingerprint density at radius 2 is 2.24 bits per heavy atom. The van der Waals surface area contributed by atoms with Gasteiger partial charge in [0, 0.05) is 12.7 Å². The van der Waals surface area contributed by atoms with E-state index in [1.54, 1.807) is 19.1 Å². The van der Waals surface area contributed by atoms with E-state index in [4.69, 9.17) is 9.84 Å². The minimum atomic E-state index is -3.67. The van der Waals surface area contributed by atoms with Gasteiger partial charge in [-0.3, -0.25) is 0 Å². The molecule has 1 aromatic carbocycles. The maximum atomic E-state index is 12.4. The maximum absolute atomic E-state index is 12.4. The highest BCUT2D eigenvalue weighted by molar-refractivity contribution is 7.89. The molecular formula is C14H17NO5S. The summed E-state index contributed by atoms with van der Waals surface area (Å²) in [5.74, 6) is -1.09. The number of nitrogens with one attached hydrogen (secondary N) is 1. The summed E-state index contributed by atoms with van der Waals surface area (Å²) in [7, 11) is -3.67. The van der Waals surface area contributed by atoms with Gasteiger partial charge >= 0.3 is 5.97 Å². The minimum Gasteiger partial charge on any atom is -0.478 e. The standard InChI is InChI=1S/C14H17NO5S/c1-14(7-8-20-10-14)15-21(18,19)12-4-2-3-11(9-12)5-6-13(16)17/h2-6,9,15H,7-8,10H2,1H3,(H,16,17)/b6-5+. The predicted molar refractivity (Wildman–Crippen MR) is 77.3 cm³/mol. The first kappa shape index (κ1) is 15.7. The van der Waals surface area contributed by atoms with Gasteiger partial charge in [0.25, 0.3) is 0 Å². The molecule has 1 atom stereocenters. The van der Waals surface area contributed by atoms with Crippen LogP contribution in [0.25, 0.3) is 6.08 Å². The van der Waals surface area contributed by atoms with Crippen LogP contribution in [0.4, 0.5) is 0 Å². The molecule has 0 aliphatic carbocycles. The third kappa shape index (κ3) is 4.13. The number of sulfonamides is 1. The number of carbonyl (C=O) groups is 1. The fraction of sp³-hybridized carbons (Fsp3) is 0.357. The van der Waals surface area contributed by atoms with Crippen LogP contribution in [0.15, 0.2) is 35.2 Å². The average molecular weight is 311 g/mol. The van der Waals surface area contributed by atoms with Gasteiger partial charge in [0.15, 0.2) is 0 Å². The average Bonchev–Trinajstić information content (AvgIpc) is 2.82. The van der Waals surface area contributed by atoms with E-state index in [1.165, 1.54) is 18.2 Å². The molecule has 0 radical (unpaired) electrons. The number of rotatable bonds is 5. The van der Waals surface area contributed by atoms with Crippen LogP contribution in [0.1, 0.15) is 18.9 Å². The topological polar surface area (TPSA) is 92.7 Å². The molecule has 7 heteroatoms. The summed E-state index contributed by atoms with van der Waals surface area (Å²) in [6, 6.07) is 6.11. The van der Waals surface area contributed by atoms with Crippen molar-refractivity contribution in [1.29, 1.82) is 0 Å². The molecule has 1 unspecified atom stereocenters. The van der Waals surface area contributed by atoms with Gasteiger partial charge in [-0.25, -0.2) is 17.9 Å². The van der Waals surface area contributed by atoms with E-state index < -0.39 is 21.5 Å². The molecule has 2 N–H and O–H groups in total. The van der Waals surface area contributed by atoms with Crippen molar-refractivity contribution >= 4 is 22.1 Å². The van der Waals surface area contributed by atoms with E-state index in [0.29, 0.717) is 25.2 Å². The summed E-state index contributed by atoms with van der Waals surface area (Å²) >= 11 is 0. The second-order valence-electron chi connectivity index (χ2n) is 5.21. The lowest BCUT2D eigenvalue weighted by atomic mass is 10.0. The number of carboxylic acid groups (broad SMARTS) is 1. The summed E-state index contributed by atoms with van der Waals surface area (Å²) in [6.07, 6.45) is 2.93. The van der Waals surface area contributed by atoms with Crippen molar-refractivity contribution < 1.29 is 23.1 Å². The summed E-state index contributed by atoms with van der Waals surface area (Å²) in [4.78, 5) is 10.6. The molecule has 0 spiro atoms. The molecule has 114 valence electrons. The van der Waals surface area contributed by atoms with Gasteiger partial charge in [0.1, 0.15) is 0 Å². The largest absolute Gasteiger partial charge is 0.478 e. The molecule has 1 aliphatic heterocycles. The van der Waals surface area contributed by atoms with E-state index in [0.717, 1.165) is 6.08 Å². The van der Waals surface area contributed by atoms with Crippen molar-refractivity contribution in [3.63, 3.8) is 0 Å². The Kier molecular flexibility index (Phi) is 4.46. The number of ether oxygens (including phenoxy) is 1. The molecule has 0 bridgehead atoms. The second kappa shape index (κ2) is 5.97. The molecule has 1 heterocycles. The van der Waals surface area contributed by atoms with Gasteiger partial charge in [0.2, 0.25) is 10.0 Å². The van der Waals surface area contributed by atoms with Gasteiger partial charge in [0.05, 0.1) is 17.0 Å². The Morgan fingerprint density at radius 3 is 2.86 bits per heavy atom. The normalized spacial score (nSPS) is 22.7. The zero-order valence-corrected chi connectivity index (χ0v) is 12.4. The van der Waals surface area contributed by atoms with Crippen molar-refractivity contribution in [3.05, 3.63) is 35.9 Å². The highest BCUT2D eigenvalue weighted by Gasteiger charge is 2.34. The molecule has 0 saturated carbocycles. The molecule has 0 aromatic heterocycles. The Labute approximate surface area is 123 Å². The van der Waals surface area contributed by atoms with Crippen LogP contribution in [0.3, 0.4) is 0 Å². The van der Waals surface area contributed by atoms with Gasteiger partial charge in [-0.15, -0.1) is 0 Å². The molecule has 21 heavy (non-hydrogen) atoms. The van der Waals surface area contributed by atoms with Crippen LogP contribution in [0, 0.1) is 0 Å². The third-order valence-electron chi connectivity index (χ3n) is 3.19. The van der Waals surface area contributed by atoms with E-state index in [2.05, 4.69) is 4.72 Å². The summed E-state index contributed by atoms with van der Waals surface area (Å²) in [6.45, 7) is 2.66. The molecule has 2 rings (SSSR count). The summed E-state index contributed by atoms with van der Waals surface area (Å²) in [5.41, 5.74) is -0.0979. The zero-order chi connectivity index (χ0) is 15.5. The number of hydrogen-bond acceptors (Lipinski definition) is 4. The van der Waals surface area contributed by atoms with Crippen LogP contribution < -0.4 is 4.72 Å². The second-order valence-corrected chi connectivity index (χ2v) is 6.90. The first-order valence-corrected chi connectivity index (χ1v) is 7.92. The monoisotopic (exact) mass is 311 g/mol. The number of benzene rings is 1. The van der Waals surface area contributed by atoms with Crippen LogP contribution >= 0.6 is 0 Å². The van der Waals surface area contributed by atoms with Crippen molar-refractivity contribution in [3.8, 4) is 0 Å². The van der Waals surface area contributed by atoms with E-state index in [-0.39, 0.29) is 4.90 Å². The van der Waals surface area contributed by atoms with Crippen LogP contribution in [0.5, 0.6) is 0 Å². The molecule has 1 aromatic rings. The first-order chi connectivity index (χ1) is 9.81. The lowest BCUT2D eigenvalue weighted by molar-refractivity contribution is -0.131. The van der Waals surface area contributed by atoms with Gasteiger partial charge in [-0.05, 0) is 37.1 Å². The predicted octanol–water partition coefficient (Wildman–Crippen LogP) is 1.24. The molecule has 6 nitrogen and oxygen atoms in total. The van der Waals surface area contributed by atoms with Crippen molar-refractivity contribution in [2.45, 2.75) is 23.8 Å². The minimum absolute atomic E-state index is 0.100. The highest BCUT2D eigenvalue weighted by Crippen LogP contribution is 2.22. The van der Waals surface area contributed by atoms with Crippen molar-refractivity contribution in [2.24, 2.45) is 0 Å².